The first-order valence-corrected chi connectivity index (χ1v) is 9.62. The van der Waals surface area contributed by atoms with Gasteiger partial charge < -0.3 is 15.1 Å². The van der Waals surface area contributed by atoms with E-state index in [2.05, 4.69) is 41.3 Å². The second kappa shape index (κ2) is 7.98. The molecule has 4 rings (SSSR count). The van der Waals surface area contributed by atoms with Gasteiger partial charge in [-0.15, -0.1) is 5.10 Å². The molecule has 8 heteroatoms. The summed E-state index contributed by atoms with van der Waals surface area (Å²) in [6.45, 7) is 7.39. The number of hydrogen-bond acceptors (Lipinski definition) is 7. The molecule has 1 aliphatic rings. The SMILES string of the molecule is Cc1cc(C)c(Nc2cnnc(N3CCN(c4ccccn4)CC3)n2)c(Cl)c1. The molecule has 0 spiro atoms. The molecule has 1 N–H and O–H groups in total. The molecule has 0 unspecified atom stereocenters. The Morgan fingerprint density at radius 1 is 1.04 bits per heavy atom. The largest absolute Gasteiger partial charge is 0.353 e. The lowest BCUT2D eigenvalue weighted by molar-refractivity contribution is 0.630. The second-order valence-electron chi connectivity index (χ2n) is 6.87. The highest BCUT2D eigenvalue weighted by molar-refractivity contribution is 6.33. The fraction of sp³-hybridized carbons (Fsp3) is 0.300. The average molecular weight is 396 g/mol. The van der Waals surface area contributed by atoms with E-state index in [1.807, 2.05) is 44.3 Å². The van der Waals surface area contributed by atoms with Gasteiger partial charge in [0, 0.05) is 32.4 Å². The van der Waals surface area contributed by atoms with Gasteiger partial charge in [-0.3, -0.25) is 0 Å². The maximum absolute atomic E-state index is 6.40. The van der Waals surface area contributed by atoms with E-state index in [1.165, 1.54) is 0 Å². The number of aryl methyl sites for hydroxylation is 2. The van der Waals surface area contributed by atoms with Crippen LogP contribution in [0.25, 0.3) is 0 Å². The quantitative estimate of drug-likeness (QED) is 0.723. The number of rotatable bonds is 4. The Hall–Kier alpha value is -2.93. The summed E-state index contributed by atoms with van der Waals surface area (Å²) < 4.78 is 0. The minimum atomic E-state index is 0.617. The number of nitrogens with one attached hydrogen (secondary N) is 1. The third-order valence-corrected chi connectivity index (χ3v) is 5.07. The first-order valence-electron chi connectivity index (χ1n) is 9.24. The van der Waals surface area contributed by atoms with Crippen molar-refractivity contribution in [1.29, 1.82) is 0 Å². The molecule has 0 saturated carbocycles. The number of anilines is 4. The number of halogens is 1. The molecule has 0 amide bonds. The highest BCUT2D eigenvalue weighted by Crippen LogP contribution is 2.29. The highest BCUT2D eigenvalue weighted by atomic mass is 35.5. The third kappa shape index (κ3) is 3.99. The average Bonchev–Trinajstić information content (AvgIpc) is 2.72. The smallest absolute Gasteiger partial charge is 0.247 e. The molecule has 0 bridgehead atoms. The van der Waals surface area contributed by atoms with Crippen LogP contribution in [-0.4, -0.2) is 46.3 Å². The molecule has 1 fully saturated rings. The van der Waals surface area contributed by atoms with Crippen LogP contribution in [0.15, 0.2) is 42.7 Å². The Morgan fingerprint density at radius 2 is 1.82 bits per heavy atom. The molecule has 1 aliphatic heterocycles. The zero-order valence-electron chi connectivity index (χ0n) is 15.9. The monoisotopic (exact) mass is 395 g/mol. The van der Waals surface area contributed by atoms with Gasteiger partial charge in [-0.05, 0) is 43.2 Å². The summed E-state index contributed by atoms with van der Waals surface area (Å²) in [4.78, 5) is 13.5. The number of hydrogen-bond donors (Lipinski definition) is 1. The first-order chi connectivity index (χ1) is 13.6. The molecule has 3 aromatic rings. The Labute approximate surface area is 169 Å². The number of aromatic nitrogens is 4. The molecule has 3 heterocycles. The molecule has 7 nitrogen and oxygen atoms in total. The van der Waals surface area contributed by atoms with Gasteiger partial charge in [-0.2, -0.15) is 10.1 Å². The zero-order valence-corrected chi connectivity index (χ0v) is 16.7. The molecular formula is C20H22ClN7. The lowest BCUT2D eigenvalue weighted by atomic mass is 10.1. The van der Waals surface area contributed by atoms with Gasteiger partial charge in [-0.1, -0.05) is 23.7 Å². The van der Waals surface area contributed by atoms with Crippen molar-refractivity contribution in [1.82, 2.24) is 20.2 Å². The van der Waals surface area contributed by atoms with E-state index in [0.29, 0.717) is 16.8 Å². The Balaban J connectivity index is 1.46. The maximum Gasteiger partial charge on any atom is 0.247 e. The van der Waals surface area contributed by atoms with Crippen molar-refractivity contribution >= 4 is 34.9 Å². The number of benzene rings is 1. The molecule has 144 valence electrons. The van der Waals surface area contributed by atoms with E-state index >= 15 is 0 Å². The summed E-state index contributed by atoms with van der Waals surface area (Å²) >= 11 is 6.40. The summed E-state index contributed by atoms with van der Waals surface area (Å²) in [5.74, 6) is 2.25. The lowest BCUT2D eigenvalue weighted by Crippen LogP contribution is -2.47. The van der Waals surface area contributed by atoms with Crippen LogP contribution in [0, 0.1) is 13.8 Å². The van der Waals surface area contributed by atoms with Gasteiger partial charge >= 0.3 is 0 Å². The van der Waals surface area contributed by atoms with Crippen molar-refractivity contribution < 1.29 is 0 Å². The lowest BCUT2D eigenvalue weighted by Gasteiger charge is -2.35. The molecule has 0 aliphatic carbocycles. The summed E-state index contributed by atoms with van der Waals surface area (Å²) in [6.07, 6.45) is 3.44. The Morgan fingerprint density at radius 3 is 2.54 bits per heavy atom. The molecular weight excluding hydrogens is 374 g/mol. The van der Waals surface area contributed by atoms with Crippen LogP contribution in [-0.2, 0) is 0 Å². The van der Waals surface area contributed by atoms with Crippen molar-refractivity contribution in [2.45, 2.75) is 13.8 Å². The fourth-order valence-corrected chi connectivity index (χ4v) is 3.74. The third-order valence-electron chi connectivity index (χ3n) is 4.77. The summed E-state index contributed by atoms with van der Waals surface area (Å²) in [6, 6.07) is 9.99. The molecule has 0 atom stereocenters. The number of piperazine rings is 1. The van der Waals surface area contributed by atoms with Gasteiger partial charge in [0.1, 0.15) is 5.82 Å². The highest BCUT2D eigenvalue weighted by Gasteiger charge is 2.20. The minimum absolute atomic E-state index is 0.617. The topological polar surface area (TPSA) is 70.1 Å². The van der Waals surface area contributed by atoms with Gasteiger partial charge in [0.25, 0.3) is 0 Å². The van der Waals surface area contributed by atoms with Crippen LogP contribution < -0.4 is 15.1 Å². The van der Waals surface area contributed by atoms with E-state index < -0.39 is 0 Å². The Bertz CT molecular complexity index is 933. The van der Waals surface area contributed by atoms with E-state index in [1.54, 1.807) is 6.20 Å². The van der Waals surface area contributed by atoms with E-state index in [0.717, 1.165) is 48.8 Å². The van der Waals surface area contributed by atoms with E-state index in [9.17, 15) is 0 Å². The van der Waals surface area contributed by atoms with Crippen LogP contribution in [0.5, 0.6) is 0 Å². The second-order valence-corrected chi connectivity index (χ2v) is 7.27. The maximum atomic E-state index is 6.40. The van der Waals surface area contributed by atoms with Gasteiger partial charge in [0.2, 0.25) is 5.95 Å². The predicted octanol–water partition coefficient (Wildman–Crippen LogP) is 3.61. The van der Waals surface area contributed by atoms with E-state index in [-0.39, 0.29) is 0 Å². The number of pyridine rings is 1. The van der Waals surface area contributed by atoms with Crippen molar-refractivity contribution in [2.75, 3.05) is 41.3 Å². The molecule has 1 saturated heterocycles. The normalized spacial score (nSPS) is 14.2. The van der Waals surface area contributed by atoms with Crippen molar-refractivity contribution in [3.8, 4) is 0 Å². The number of nitrogens with zero attached hydrogens (tertiary/aromatic N) is 6. The van der Waals surface area contributed by atoms with Crippen molar-refractivity contribution in [2.24, 2.45) is 0 Å². The van der Waals surface area contributed by atoms with Gasteiger partial charge in [0.15, 0.2) is 5.82 Å². The molecule has 0 radical (unpaired) electrons. The van der Waals surface area contributed by atoms with Gasteiger partial charge in [-0.25, -0.2) is 4.98 Å². The fourth-order valence-electron chi connectivity index (χ4n) is 3.37. The van der Waals surface area contributed by atoms with Crippen LogP contribution >= 0.6 is 11.6 Å². The molecule has 1 aromatic carbocycles. The van der Waals surface area contributed by atoms with Crippen LogP contribution in [0.4, 0.5) is 23.3 Å². The first kappa shape index (κ1) is 18.4. The minimum Gasteiger partial charge on any atom is -0.353 e. The molecule has 2 aromatic heterocycles. The summed E-state index contributed by atoms with van der Waals surface area (Å²) in [7, 11) is 0. The predicted molar refractivity (Wildman–Crippen MR) is 113 cm³/mol. The molecule has 28 heavy (non-hydrogen) atoms. The van der Waals surface area contributed by atoms with Crippen LogP contribution in [0.1, 0.15) is 11.1 Å². The van der Waals surface area contributed by atoms with Crippen LogP contribution in [0.3, 0.4) is 0 Å². The Kier molecular flexibility index (Phi) is 5.25. The zero-order chi connectivity index (χ0) is 19.5. The van der Waals surface area contributed by atoms with Crippen LogP contribution in [0.2, 0.25) is 5.02 Å². The van der Waals surface area contributed by atoms with Gasteiger partial charge in [0.05, 0.1) is 16.9 Å². The van der Waals surface area contributed by atoms with E-state index in [4.69, 9.17) is 11.6 Å². The standard InChI is InChI=1S/C20H22ClN7/c1-14-11-15(2)19(16(21)12-14)24-17-13-23-26-20(25-17)28-9-7-27(8-10-28)18-5-3-4-6-22-18/h3-6,11-13H,7-10H2,1-2H3,(H,24,25,26). The van der Waals surface area contributed by atoms with Crippen molar-refractivity contribution in [3.63, 3.8) is 0 Å². The van der Waals surface area contributed by atoms with Crippen molar-refractivity contribution in [3.05, 3.63) is 58.9 Å². The summed E-state index contributed by atoms with van der Waals surface area (Å²) in [5, 5.41) is 12.3. The summed E-state index contributed by atoms with van der Waals surface area (Å²) in [5.41, 5.74) is 3.04.